The van der Waals surface area contributed by atoms with Crippen LogP contribution < -0.4 is 5.56 Å². The molecule has 1 unspecified atom stereocenters. The van der Waals surface area contributed by atoms with E-state index in [1.165, 1.54) is 12.1 Å². The molecule has 2 heterocycles. The minimum Gasteiger partial charge on any atom is -0.336 e. The average Bonchev–Trinajstić information content (AvgIpc) is 2.77. The van der Waals surface area contributed by atoms with E-state index in [2.05, 4.69) is 11.8 Å². The molecule has 1 saturated heterocycles. The highest BCUT2D eigenvalue weighted by Crippen LogP contribution is 2.25. The van der Waals surface area contributed by atoms with Crippen LogP contribution in [0.15, 0.2) is 53.3 Å². The van der Waals surface area contributed by atoms with Gasteiger partial charge in [-0.05, 0) is 36.8 Å². The van der Waals surface area contributed by atoms with Crippen LogP contribution in [0, 0.1) is 5.82 Å². The Kier molecular flexibility index (Phi) is 5.63. The van der Waals surface area contributed by atoms with Crippen molar-refractivity contribution in [2.45, 2.75) is 19.4 Å². The maximum absolute atomic E-state index is 13.5. The van der Waals surface area contributed by atoms with E-state index in [-0.39, 0.29) is 17.5 Å². The molecule has 1 aromatic heterocycles. The summed E-state index contributed by atoms with van der Waals surface area (Å²) in [5.41, 5.74) is 1.03. The van der Waals surface area contributed by atoms with Crippen LogP contribution in [0.5, 0.6) is 0 Å². The normalized spacial score (nSPS) is 16.0. The summed E-state index contributed by atoms with van der Waals surface area (Å²) in [7, 11) is 1.77. The zero-order valence-electron chi connectivity index (χ0n) is 17.2. The monoisotopic (exact) mass is 408 g/mol. The molecule has 2 aromatic carbocycles. The van der Waals surface area contributed by atoms with Gasteiger partial charge in [0.1, 0.15) is 11.6 Å². The lowest BCUT2D eigenvalue weighted by Gasteiger charge is -2.39. The number of para-hydroxylation sites is 1. The van der Waals surface area contributed by atoms with Gasteiger partial charge in [0, 0.05) is 38.8 Å². The highest BCUT2D eigenvalue weighted by atomic mass is 19.1. The lowest BCUT2D eigenvalue weighted by molar-refractivity contribution is 0.0549. The van der Waals surface area contributed by atoms with Crippen molar-refractivity contribution in [1.82, 2.24) is 19.4 Å². The third kappa shape index (κ3) is 3.73. The van der Waals surface area contributed by atoms with Crippen LogP contribution >= 0.6 is 0 Å². The molecule has 1 fully saturated rings. The Balaban J connectivity index is 1.54. The number of halogens is 1. The van der Waals surface area contributed by atoms with Gasteiger partial charge in [0.2, 0.25) is 0 Å². The van der Waals surface area contributed by atoms with Crippen molar-refractivity contribution in [2.24, 2.45) is 7.05 Å². The average molecular weight is 408 g/mol. The number of hydrogen-bond donors (Lipinski definition) is 0. The van der Waals surface area contributed by atoms with Gasteiger partial charge < -0.3 is 4.90 Å². The van der Waals surface area contributed by atoms with Crippen molar-refractivity contribution >= 4 is 16.8 Å². The molecule has 1 aliphatic rings. The standard InChI is InChI=1S/C23H25FN4O2/c1-3-20(21-25-19-10-5-4-9-18(19)23(30)26(21)2)27-11-13-28(14-12-27)22(29)16-7-6-8-17(24)15-16/h4-10,15,20H,3,11-14H2,1-2H3. The first-order valence-electron chi connectivity index (χ1n) is 10.2. The number of carbonyl (C=O) groups excluding carboxylic acids is 1. The van der Waals surface area contributed by atoms with Crippen LogP contribution in [0.2, 0.25) is 0 Å². The summed E-state index contributed by atoms with van der Waals surface area (Å²) >= 11 is 0. The molecule has 0 saturated carbocycles. The molecule has 0 radical (unpaired) electrons. The molecule has 1 aliphatic heterocycles. The molecule has 30 heavy (non-hydrogen) atoms. The first-order valence-corrected chi connectivity index (χ1v) is 10.2. The Labute approximate surface area is 174 Å². The summed E-state index contributed by atoms with van der Waals surface area (Å²) in [5, 5.41) is 0.615. The molecule has 0 spiro atoms. The molecule has 1 amide bonds. The molecular weight excluding hydrogens is 383 g/mol. The number of amides is 1. The van der Waals surface area contributed by atoms with Crippen LogP contribution in [0.1, 0.15) is 35.6 Å². The summed E-state index contributed by atoms with van der Waals surface area (Å²) in [6.07, 6.45) is 0.802. The fourth-order valence-electron chi connectivity index (χ4n) is 4.18. The zero-order valence-corrected chi connectivity index (χ0v) is 17.2. The maximum Gasteiger partial charge on any atom is 0.261 e. The van der Waals surface area contributed by atoms with E-state index >= 15 is 0 Å². The lowest BCUT2D eigenvalue weighted by Crippen LogP contribution is -2.50. The maximum atomic E-state index is 13.5. The summed E-state index contributed by atoms with van der Waals surface area (Å²) in [6, 6.07) is 13.2. The van der Waals surface area contributed by atoms with Gasteiger partial charge in [0.05, 0.1) is 16.9 Å². The van der Waals surface area contributed by atoms with Crippen LogP contribution in [-0.4, -0.2) is 51.4 Å². The van der Waals surface area contributed by atoms with Gasteiger partial charge in [-0.15, -0.1) is 0 Å². The second kappa shape index (κ2) is 8.36. The predicted molar refractivity (Wildman–Crippen MR) is 114 cm³/mol. The van der Waals surface area contributed by atoms with Crippen molar-refractivity contribution in [3.63, 3.8) is 0 Å². The number of aromatic nitrogens is 2. The lowest BCUT2D eigenvalue weighted by atomic mass is 10.1. The van der Waals surface area contributed by atoms with E-state index in [1.807, 2.05) is 18.2 Å². The third-order valence-electron chi connectivity index (χ3n) is 5.82. The number of nitrogens with zero attached hydrogens (tertiary/aromatic N) is 4. The highest BCUT2D eigenvalue weighted by molar-refractivity contribution is 5.94. The Hall–Kier alpha value is -3.06. The largest absolute Gasteiger partial charge is 0.336 e. The highest BCUT2D eigenvalue weighted by Gasteiger charge is 2.29. The van der Waals surface area contributed by atoms with Gasteiger partial charge in [-0.25, -0.2) is 9.37 Å². The van der Waals surface area contributed by atoms with Gasteiger partial charge in [-0.1, -0.05) is 25.1 Å². The van der Waals surface area contributed by atoms with Gasteiger partial charge in [-0.2, -0.15) is 0 Å². The first kappa shape index (κ1) is 20.2. The van der Waals surface area contributed by atoms with Crippen LogP contribution in [0.3, 0.4) is 0 Å². The Morgan fingerprint density at radius 1 is 1.10 bits per heavy atom. The van der Waals surface area contributed by atoms with Gasteiger partial charge >= 0.3 is 0 Å². The Bertz CT molecular complexity index is 1140. The molecule has 156 valence electrons. The molecule has 4 rings (SSSR count). The minimum atomic E-state index is -0.408. The zero-order chi connectivity index (χ0) is 21.3. The molecular formula is C23H25FN4O2. The van der Waals surface area contributed by atoms with E-state index in [0.717, 1.165) is 12.2 Å². The van der Waals surface area contributed by atoms with Gasteiger partial charge in [-0.3, -0.25) is 19.1 Å². The quantitative estimate of drug-likeness (QED) is 0.666. The smallest absolute Gasteiger partial charge is 0.261 e. The fraction of sp³-hybridized carbons (Fsp3) is 0.348. The van der Waals surface area contributed by atoms with E-state index in [1.54, 1.807) is 34.7 Å². The SMILES string of the molecule is CCC(c1nc2ccccc2c(=O)n1C)N1CCN(C(=O)c2cccc(F)c2)CC1. The first-order chi connectivity index (χ1) is 14.5. The number of piperazine rings is 1. The second-order valence-corrected chi connectivity index (χ2v) is 7.61. The van der Waals surface area contributed by atoms with Crippen LogP contribution in [0.4, 0.5) is 4.39 Å². The molecule has 0 aliphatic carbocycles. The van der Waals surface area contributed by atoms with E-state index < -0.39 is 5.82 Å². The Morgan fingerprint density at radius 2 is 1.83 bits per heavy atom. The Morgan fingerprint density at radius 3 is 2.53 bits per heavy atom. The van der Waals surface area contributed by atoms with E-state index in [4.69, 9.17) is 4.98 Å². The topological polar surface area (TPSA) is 58.4 Å². The summed E-state index contributed by atoms with van der Waals surface area (Å²) in [4.78, 5) is 34.3. The molecule has 0 N–H and O–H groups in total. The molecule has 7 heteroatoms. The number of rotatable bonds is 4. The summed E-state index contributed by atoms with van der Waals surface area (Å²) in [6.45, 7) is 4.52. The molecule has 6 nitrogen and oxygen atoms in total. The van der Waals surface area contributed by atoms with E-state index in [0.29, 0.717) is 42.6 Å². The van der Waals surface area contributed by atoms with Crippen LogP contribution in [-0.2, 0) is 7.05 Å². The summed E-state index contributed by atoms with van der Waals surface area (Å²) in [5.74, 6) is 0.179. The van der Waals surface area contributed by atoms with Crippen molar-refractivity contribution in [2.75, 3.05) is 26.2 Å². The number of fused-ring (bicyclic) bond motifs is 1. The fourth-order valence-corrected chi connectivity index (χ4v) is 4.18. The predicted octanol–water partition coefficient (Wildman–Crippen LogP) is 2.98. The van der Waals surface area contributed by atoms with E-state index in [9.17, 15) is 14.0 Å². The van der Waals surface area contributed by atoms with Crippen molar-refractivity contribution < 1.29 is 9.18 Å². The van der Waals surface area contributed by atoms with Crippen molar-refractivity contribution in [3.8, 4) is 0 Å². The minimum absolute atomic E-state index is 0.0151. The third-order valence-corrected chi connectivity index (χ3v) is 5.82. The van der Waals surface area contributed by atoms with Crippen molar-refractivity contribution in [1.29, 1.82) is 0 Å². The van der Waals surface area contributed by atoms with Crippen molar-refractivity contribution in [3.05, 3.63) is 76.1 Å². The van der Waals surface area contributed by atoms with Crippen LogP contribution in [0.25, 0.3) is 10.9 Å². The molecule has 0 bridgehead atoms. The van der Waals surface area contributed by atoms with Gasteiger partial charge in [0.15, 0.2) is 0 Å². The summed E-state index contributed by atoms with van der Waals surface area (Å²) < 4.78 is 15.1. The number of carbonyl (C=O) groups is 1. The number of hydrogen-bond acceptors (Lipinski definition) is 4. The number of benzene rings is 2. The van der Waals surface area contributed by atoms with Gasteiger partial charge in [0.25, 0.3) is 11.5 Å². The second-order valence-electron chi connectivity index (χ2n) is 7.61. The molecule has 1 atom stereocenters. The molecule has 3 aromatic rings.